The average Bonchev–Trinajstić information content (AvgIpc) is 3.04. The van der Waals surface area contributed by atoms with Crippen molar-refractivity contribution < 1.29 is 4.74 Å². The van der Waals surface area contributed by atoms with Crippen molar-refractivity contribution in [2.45, 2.75) is 19.3 Å². The van der Waals surface area contributed by atoms with E-state index in [4.69, 9.17) is 4.74 Å². The van der Waals surface area contributed by atoms with Gasteiger partial charge in [-0.1, -0.05) is 0 Å². The van der Waals surface area contributed by atoms with Crippen molar-refractivity contribution in [3.05, 3.63) is 24.0 Å². The van der Waals surface area contributed by atoms with Gasteiger partial charge in [0.2, 0.25) is 0 Å². The highest BCUT2D eigenvalue weighted by atomic mass is 16.5. The van der Waals surface area contributed by atoms with Gasteiger partial charge in [-0.2, -0.15) is 0 Å². The molecule has 1 aromatic carbocycles. The lowest BCUT2D eigenvalue weighted by atomic mass is 10.0. The summed E-state index contributed by atoms with van der Waals surface area (Å²) in [4.78, 5) is 8.00. The molecule has 1 fully saturated rings. The molecule has 0 amide bonds. The molecule has 18 heavy (non-hydrogen) atoms. The van der Waals surface area contributed by atoms with Crippen LogP contribution in [-0.4, -0.2) is 30.2 Å². The third-order valence-electron chi connectivity index (χ3n) is 3.69. The van der Waals surface area contributed by atoms with E-state index in [-0.39, 0.29) is 0 Å². The van der Waals surface area contributed by atoms with Gasteiger partial charge in [0.1, 0.15) is 11.6 Å². The van der Waals surface area contributed by atoms with Gasteiger partial charge < -0.3 is 15.0 Å². The minimum Gasteiger partial charge on any atom is -0.497 e. The number of hydrogen-bond acceptors (Lipinski definition) is 3. The molecular formula is C14H19N3O. The molecule has 0 radical (unpaired) electrons. The summed E-state index contributed by atoms with van der Waals surface area (Å²) < 4.78 is 5.22. The Labute approximate surface area is 107 Å². The molecule has 2 aromatic rings. The average molecular weight is 245 g/mol. The van der Waals surface area contributed by atoms with Crippen LogP contribution in [0.3, 0.4) is 0 Å². The first-order valence-corrected chi connectivity index (χ1v) is 6.58. The van der Waals surface area contributed by atoms with Gasteiger partial charge in [-0.05, 0) is 44.0 Å². The zero-order valence-electron chi connectivity index (χ0n) is 10.7. The number of imidazole rings is 1. The molecule has 1 aromatic heterocycles. The normalized spacial score (nSPS) is 19.5. The molecule has 1 atom stereocenters. The van der Waals surface area contributed by atoms with Gasteiger partial charge >= 0.3 is 0 Å². The Morgan fingerprint density at radius 3 is 3.17 bits per heavy atom. The number of rotatable bonds is 4. The Balaban J connectivity index is 1.72. The van der Waals surface area contributed by atoms with Crippen LogP contribution in [0.4, 0.5) is 0 Å². The van der Waals surface area contributed by atoms with Crippen LogP contribution in [0, 0.1) is 5.92 Å². The van der Waals surface area contributed by atoms with E-state index < -0.39 is 0 Å². The van der Waals surface area contributed by atoms with Crippen molar-refractivity contribution in [2.24, 2.45) is 5.92 Å². The topological polar surface area (TPSA) is 49.9 Å². The van der Waals surface area contributed by atoms with E-state index in [0.29, 0.717) is 0 Å². The summed E-state index contributed by atoms with van der Waals surface area (Å²) in [6.45, 7) is 2.33. The van der Waals surface area contributed by atoms with Gasteiger partial charge in [0.15, 0.2) is 0 Å². The lowest BCUT2D eigenvalue weighted by molar-refractivity contribution is 0.415. The second-order valence-corrected chi connectivity index (χ2v) is 4.96. The highest BCUT2D eigenvalue weighted by Crippen LogP contribution is 2.20. The standard InChI is InChI=1S/C14H19N3O/c1-18-11-3-4-12-13(8-11)17-14(16-12)5-2-10-6-7-15-9-10/h3-4,8,10,15H,2,5-7,9H2,1H3,(H,16,17). The molecule has 4 nitrogen and oxygen atoms in total. The zero-order chi connectivity index (χ0) is 12.4. The maximum absolute atomic E-state index is 5.22. The van der Waals surface area contributed by atoms with Gasteiger partial charge in [0, 0.05) is 12.5 Å². The maximum Gasteiger partial charge on any atom is 0.121 e. The van der Waals surface area contributed by atoms with Crippen molar-refractivity contribution in [3.8, 4) is 5.75 Å². The van der Waals surface area contributed by atoms with Crippen LogP contribution >= 0.6 is 0 Å². The van der Waals surface area contributed by atoms with Gasteiger partial charge in [-0.15, -0.1) is 0 Å². The maximum atomic E-state index is 5.22. The molecule has 1 saturated heterocycles. The fraction of sp³-hybridized carbons (Fsp3) is 0.500. The Kier molecular flexibility index (Phi) is 3.19. The van der Waals surface area contributed by atoms with E-state index in [1.807, 2.05) is 18.2 Å². The van der Waals surface area contributed by atoms with Crippen molar-refractivity contribution in [2.75, 3.05) is 20.2 Å². The first-order chi connectivity index (χ1) is 8.85. The molecule has 0 bridgehead atoms. The first-order valence-electron chi connectivity index (χ1n) is 6.58. The number of nitrogens with one attached hydrogen (secondary N) is 2. The number of aryl methyl sites for hydroxylation is 1. The number of aromatic amines is 1. The summed E-state index contributed by atoms with van der Waals surface area (Å²) >= 11 is 0. The van der Waals surface area contributed by atoms with Gasteiger partial charge in [0.05, 0.1) is 18.1 Å². The smallest absolute Gasteiger partial charge is 0.121 e. The van der Waals surface area contributed by atoms with Crippen LogP contribution in [0.25, 0.3) is 11.0 Å². The van der Waals surface area contributed by atoms with Crippen molar-refractivity contribution in [3.63, 3.8) is 0 Å². The van der Waals surface area contributed by atoms with E-state index in [1.165, 1.54) is 19.4 Å². The minimum absolute atomic E-state index is 0.813. The number of fused-ring (bicyclic) bond motifs is 1. The second kappa shape index (κ2) is 4.98. The molecule has 2 heterocycles. The molecule has 4 heteroatoms. The number of hydrogen-bond donors (Lipinski definition) is 2. The molecular weight excluding hydrogens is 226 g/mol. The Bertz CT molecular complexity index is 529. The van der Waals surface area contributed by atoms with Crippen LogP contribution in [0.1, 0.15) is 18.7 Å². The quantitative estimate of drug-likeness (QED) is 0.867. The zero-order valence-corrected chi connectivity index (χ0v) is 10.7. The monoisotopic (exact) mass is 245 g/mol. The molecule has 3 rings (SSSR count). The molecule has 96 valence electrons. The molecule has 0 spiro atoms. The van der Waals surface area contributed by atoms with E-state index in [1.54, 1.807) is 7.11 Å². The number of nitrogens with zero attached hydrogens (tertiary/aromatic N) is 1. The number of aromatic nitrogens is 2. The molecule has 1 aliphatic heterocycles. The van der Waals surface area contributed by atoms with Crippen LogP contribution in [-0.2, 0) is 6.42 Å². The van der Waals surface area contributed by atoms with Gasteiger partial charge in [-0.25, -0.2) is 4.98 Å². The van der Waals surface area contributed by atoms with Crippen molar-refractivity contribution >= 4 is 11.0 Å². The highest BCUT2D eigenvalue weighted by Gasteiger charge is 2.15. The summed E-state index contributed by atoms with van der Waals surface area (Å²) in [6, 6.07) is 5.96. The molecule has 0 saturated carbocycles. The van der Waals surface area contributed by atoms with Crippen molar-refractivity contribution in [1.82, 2.24) is 15.3 Å². The Hall–Kier alpha value is -1.55. The summed E-state index contributed by atoms with van der Waals surface area (Å²) in [6.07, 6.45) is 3.54. The van der Waals surface area contributed by atoms with Crippen LogP contribution in [0.15, 0.2) is 18.2 Å². The molecule has 1 unspecified atom stereocenters. The van der Waals surface area contributed by atoms with Crippen molar-refractivity contribution in [1.29, 1.82) is 0 Å². The van der Waals surface area contributed by atoms with E-state index in [0.717, 1.165) is 41.5 Å². The van der Waals surface area contributed by atoms with Crippen LogP contribution < -0.4 is 10.1 Å². The number of methoxy groups -OCH3 is 1. The van der Waals surface area contributed by atoms with Crippen LogP contribution in [0.5, 0.6) is 5.75 Å². The number of H-pyrrole nitrogens is 1. The number of ether oxygens (including phenoxy) is 1. The SMILES string of the molecule is COc1ccc2nc(CCC3CCNC3)[nH]c2c1. The largest absolute Gasteiger partial charge is 0.497 e. The van der Waals surface area contributed by atoms with Gasteiger partial charge in [-0.3, -0.25) is 0 Å². The summed E-state index contributed by atoms with van der Waals surface area (Å²) in [5.41, 5.74) is 2.09. The predicted octanol–water partition coefficient (Wildman–Crippen LogP) is 2.11. The first kappa shape index (κ1) is 11.5. The summed E-state index contributed by atoms with van der Waals surface area (Å²) in [5.74, 6) is 2.77. The number of benzene rings is 1. The van der Waals surface area contributed by atoms with E-state index in [2.05, 4.69) is 15.3 Å². The van der Waals surface area contributed by atoms with Crippen LogP contribution in [0.2, 0.25) is 0 Å². The fourth-order valence-corrected chi connectivity index (χ4v) is 2.59. The highest BCUT2D eigenvalue weighted by molar-refractivity contribution is 5.76. The third-order valence-corrected chi connectivity index (χ3v) is 3.69. The summed E-state index contributed by atoms with van der Waals surface area (Å²) in [5, 5.41) is 3.40. The minimum atomic E-state index is 0.813. The van der Waals surface area contributed by atoms with Gasteiger partial charge in [0.25, 0.3) is 0 Å². The molecule has 2 N–H and O–H groups in total. The molecule has 0 aliphatic carbocycles. The fourth-order valence-electron chi connectivity index (χ4n) is 2.59. The Morgan fingerprint density at radius 2 is 2.39 bits per heavy atom. The second-order valence-electron chi connectivity index (χ2n) is 4.96. The summed E-state index contributed by atoms with van der Waals surface area (Å²) in [7, 11) is 1.69. The lowest BCUT2D eigenvalue weighted by Crippen LogP contribution is -2.09. The van der Waals surface area contributed by atoms with E-state index in [9.17, 15) is 0 Å². The van der Waals surface area contributed by atoms with E-state index >= 15 is 0 Å². The molecule has 1 aliphatic rings. The predicted molar refractivity (Wildman–Crippen MR) is 71.9 cm³/mol. The third kappa shape index (κ3) is 2.34. The lowest BCUT2D eigenvalue weighted by Gasteiger charge is -2.05. The Morgan fingerprint density at radius 1 is 1.44 bits per heavy atom.